The molecule has 0 aromatic heterocycles. The summed E-state index contributed by atoms with van der Waals surface area (Å²) in [5, 5.41) is 5.50. The van der Waals surface area contributed by atoms with Gasteiger partial charge in [0.15, 0.2) is 0 Å². The third kappa shape index (κ3) is 3.88. The number of ether oxygens (including phenoxy) is 2. The van der Waals surface area contributed by atoms with Gasteiger partial charge in [-0.3, -0.25) is 4.79 Å². The second kappa shape index (κ2) is 7.77. The number of rotatable bonds is 5. The second-order valence-corrected chi connectivity index (χ2v) is 5.84. The monoisotopic (exact) mass is 355 g/mol. The smallest absolute Gasteiger partial charge is 0.323 e. The van der Waals surface area contributed by atoms with Crippen LogP contribution in [0, 0.1) is 0 Å². The maximum Gasteiger partial charge on any atom is 0.323 e. The van der Waals surface area contributed by atoms with Crippen LogP contribution in [0.4, 0.5) is 21.9 Å². The van der Waals surface area contributed by atoms with Crippen molar-refractivity contribution in [2.24, 2.45) is 0 Å². The molecular formula is C19H21N3O4. The van der Waals surface area contributed by atoms with Crippen LogP contribution < -0.4 is 25.0 Å². The van der Waals surface area contributed by atoms with E-state index in [1.54, 1.807) is 61.6 Å². The zero-order chi connectivity index (χ0) is 18.5. The maximum atomic E-state index is 12.2. The van der Waals surface area contributed by atoms with Crippen LogP contribution in [0.5, 0.6) is 11.5 Å². The first-order valence-corrected chi connectivity index (χ1v) is 8.31. The molecule has 0 radical (unpaired) electrons. The molecule has 0 atom stereocenters. The van der Waals surface area contributed by atoms with E-state index < -0.39 is 0 Å². The second-order valence-electron chi connectivity index (χ2n) is 5.84. The fourth-order valence-electron chi connectivity index (χ4n) is 2.85. The fraction of sp³-hybridized carbons (Fsp3) is 0.263. The first kappa shape index (κ1) is 17.6. The lowest BCUT2D eigenvalue weighted by Gasteiger charge is -2.19. The molecule has 7 nitrogen and oxygen atoms in total. The van der Waals surface area contributed by atoms with Gasteiger partial charge in [-0.05, 0) is 42.8 Å². The van der Waals surface area contributed by atoms with Crippen molar-refractivity contribution in [3.05, 3.63) is 42.5 Å². The van der Waals surface area contributed by atoms with E-state index in [0.717, 1.165) is 12.1 Å². The van der Waals surface area contributed by atoms with E-state index in [1.165, 1.54) is 0 Å². The van der Waals surface area contributed by atoms with Gasteiger partial charge in [0.25, 0.3) is 0 Å². The number of carbonyl (C=O) groups excluding carboxylic acids is 2. The number of benzene rings is 2. The van der Waals surface area contributed by atoms with E-state index in [9.17, 15) is 9.59 Å². The highest BCUT2D eigenvalue weighted by Gasteiger charge is 2.24. The van der Waals surface area contributed by atoms with Crippen LogP contribution in [-0.2, 0) is 4.79 Å². The molecule has 0 saturated carbocycles. The molecule has 7 heteroatoms. The van der Waals surface area contributed by atoms with Gasteiger partial charge in [0.2, 0.25) is 5.91 Å². The number of nitrogens with zero attached hydrogens (tertiary/aromatic N) is 1. The number of urea groups is 1. The average molecular weight is 355 g/mol. The van der Waals surface area contributed by atoms with Crippen LogP contribution in [0.15, 0.2) is 42.5 Å². The van der Waals surface area contributed by atoms with E-state index in [0.29, 0.717) is 35.8 Å². The van der Waals surface area contributed by atoms with Crippen molar-refractivity contribution in [1.29, 1.82) is 0 Å². The lowest BCUT2D eigenvalue weighted by Crippen LogP contribution is -2.24. The number of anilines is 3. The van der Waals surface area contributed by atoms with Crippen LogP contribution in [0.1, 0.15) is 12.8 Å². The van der Waals surface area contributed by atoms with Gasteiger partial charge in [-0.25, -0.2) is 4.79 Å². The molecule has 0 bridgehead atoms. The van der Waals surface area contributed by atoms with Gasteiger partial charge in [0.05, 0.1) is 19.9 Å². The zero-order valence-corrected chi connectivity index (χ0v) is 14.7. The molecule has 0 aliphatic carbocycles. The SMILES string of the molecule is COc1ccc(NC(=O)Nc2ccc(N3CCCC3=O)c(OC)c2)cc1. The van der Waals surface area contributed by atoms with Crippen LogP contribution in [0.25, 0.3) is 0 Å². The van der Waals surface area contributed by atoms with Crippen molar-refractivity contribution >= 4 is 29.0 Å². The Morgan fingerprint density at radius 2 is 1.69 bits per heavy atom. The quantitative estimate of drug-likeness (QED) is 0.861. The van der Waals surface area contributed by atoms with Gasteiger partial charge in [-0.15, -0.1) is 0 Å². The highest BCUT2D eigenvalue weighted by Crippen LogP contribution is 2.33. The standard InChI is InChI=1S/C19H21N3O4/c1-25-15-8-5-13(6-9-15)20-19(24)21-14-7-10-16(17(12-14)26-2)22-11-3-4-18(22)23/h5-10,12H,3-4,11H2,1-2H3,(H2,20,21,24). The molecule has 1 heterocycles. The number of amides is 3. The summed E-state index contributed by atoms with van der Waals surface area (Å²) in [5.74, 6) is 1.34. The summed E-state index contributed by atoms with van der Waals surface area (Å²) in [6.07, 6.45) is 1.39. The maximum absolute atomic E-state index is 12.2. The molecule has 0 spiro atoms. The van der Waals surface area contributed by atoms with Crippen molar-refractivity contribution in [3.8, 4) is 11.5 Å². The predicted octanol–water partition coefficient (Wildman–Crippen LogP) is 3.47. The summed E-state index contributed by atoms with van der Waals surface area (Å²) < 4.78 is 10.5. The van der Waals surface area contributed by atoms with Crippen LogP contribution in [-0.4, -0.2) is 32.7 Å². The van der Waals surface area contributed by atoms with Crippen molar-refractivity contribution in [3.63, 3.8) is 0 Å². The Balaban J connectivity index is 1.68. The minimum Gasteiger partial charge on any atom is -0.497 e. The van der Waals surface area contributed by atoms with Gasteiger partial charge in [-0.2, -0.15) is 0 Å². The van der Waals surface area contributed by atoms with E-state index in [2.05, 4.69) is 10.6 Å². The van der Waals surface area contributed by atoms with Crippen LogP contribution in [0.3, 0.4) is 0 Å². The summed E-state index contributed by atoms with van der Waals surface area (Å²) in [7, 11) is 3.13. The zero-order valence-electron chi connectivity index (χ0n) is 14.7. The van der Waals surface area contributed by atoms with E-state index >= 15 is 0 Å². The molecule has 1 aliphatic rings. The topological polar surface area (TPSA) is 79.9 Å². The minimum atomic E-state index is -0.373. The number of hydrogen-bond donors (Lipinski definition) is 2. The third-order valence-electron chi connectivity index (χ3n) is 4.15. The molecule has 136 valence electrons. The molecular weight excluding hydrogens is 334 g/mol. The summed E-state index contributed by atoms with van der Waals surface area (Å²) in [6.45, 7) is 0.680. The van der Waals surface area contributed by atoms with E-state index in [4.69, 9.17) is 9.47 Å². The van der Waals surface area contributed by atoms with Gasteiger partial charge in [0.1, 0.15) is 11.5 Å². The highest BCUT2D eigenvalue weighted by atomic mass is 16.5. The Kier molecular flexibility index (Phi) is 5.26. The number of methoxy groups -OCH3 is 2. The Morgan fingerprint density at radius 3 is 2.31 bits per heavy atom. The first-order chi connectivity index (χ1) is 12.6. The third-order valence-corrected chi connectivity index (χ3v) is 4.15. The molecule has 1 aliphatic heterocycles. The molecule has 2 N–H and O–H groups in total. The summed E-state index contributed by atoms with van der Waals surface area (Å²) in [5.41, 5.74) is 1.94. The summed E-state index contributed by atoms with van der Waals surface area (Å²) >= 11 is 0. The van der Waals surface area contributed by atoms with Crippen molar-refractivity contribution in [1.82, 2.24) is 0 Å². The lowest BCUT2D eigenvalue weighted by atomic mass is 10.2. The first-order valence-electron chi connectivity index (χ1n) is 8.31. The molecule has 3 rings (SSSR count). The Morgan fingerprint density at radius 1 is 1.00 bits per heavy atom. The predicted molar refractivity (Wildman–Crippen MR) is 100 cm³/mol. The van der Waals surface area contributed by atoms with Crippen molar-refractivity contribution < 1.29 is 19.1 Å². The molecule has 0 unspecified atom stereocenters. The Hall–Kier alpha value is -3.22. The average Bonchev–Trinajstić information content (AvgIpc) is 3.08. The minimum absolute atomic E-state index is 0.0845. The Bertz CT molecular complexity index is 805. The van der Waals surface area contributed by atoms with Gasteiger partial charge in [0, 0.05) is 30.4 Å². The molecule has 2 aromatic rings. The van der Waals surface area contributed by atoms with Crippen LogP contribution in [0.2, 0.25) is 0 Å². The van der Waals surface area contributed by atoms with Crippen LogP contribution >= 0.6 is 0 Å². The van der Waals surface area contributed by atoms with Gasteiger partial charge >= 0.3 is 6.03 Å². The van der Waals surface area contributed by atoms with E-state index in [1.807, 2.05) is 0 Å². The van der Waals surface area contributed by atoms with Crippen molar-refractivity contribution in [2.45, 2.75) is 12.8 Å². The summed E-state index contributed by atoms with van der Waals surface area (Å²) in [6, 6.07) is 11.9. The highest BCUT2D eigenvalue weighted by molar-refractivity contribution is 6.01. The van der Waals surface area contributed by atoms with Gasteiger partial charge < -0.3 is 25.0 Å². The van der Waals surface area contributed by atoms with E-state index in [-0.39, 0.29) is 11.9 Å². The molecule has 2 aromatic carbocycles. The largest absolute Gasteiger partial charge is 0.497 e. The molecule has 26 heavy (non-hydrogen) atoms. The summed E-state index contributed by atoms with van der Waals surface area (Å²) in [4.78, 5) is 25.8. The van der Waals surface area contributed by atoms with Gasteiger partial charge in [-0.1, -0.05) is 0 Å². The van der Waals surface area contributed by atoms with Crippen molar-refractivity contribution in [2.75, 3.05) is 36.3 Å². The number of carbonyl (C=O) groups is 2. The number of hydrogen-bond acceptors (Lipinski definition) is 4. The molecule has 1 saturated heterocycles. The lowest BCUT2D eigenvalue weighted by molar-refractivity contribution is -0.117. The number of nitrogens with one attached hydrogen (secondary N) is 2. The normalized spacial score (nSPS) is 13.5. The fourth-order valence-corrected chi connectivity index (χ4v) is 2.85. The molecule has 3 amide bonds. The molecule has 1 fully saturated rings. The Labute approximate surface area is 151 Å².